The molecule has 0 spiro atoms. The lowest BCUT2D eigenvalue weighted by Crippen LogP contribution is -2.25. The molecule has 0 aromatic heterocycles. The molecule has 26 heavy (non-hydrogen) atoms. The van der Waals surface area contributed by atoms with Crippen LogP contribution in [0.1, 0.15) is 30.0 Å². The number of halogens is 2. The minimum absolute atomic E-state index is 0.110. The molecule has 2 N–H and O–H groups in total. The average molecular weight is 377 g/mol. The molecule has 0 fully saturated rings. The predicted octanol–water partition coefficient (Wildman–Crippen LogP) is 5.01. The van der Waals surface area contributed by atoms with Crippen molar-refractivity contribution < 1.29 is 13.5 Å². The molecular weight excluding hydrogens is 356 g/mol. The minimum atomic E-state index is -2.84. The lowest BCUT2D eigenvalue weighted by Gasteiger charge is -2.12. The first kappa shape index (κ1) is 19.8. The largest absolute Gasteiger partial charge is 0.435 e. The Morgan fingerprint density at radius 2 is 1.85 bits per heavy atom. The van der Waals surface area contributed by atoms with Gasteiger partial charge in [-0.25, -0.2) is 0 Å². The van der Waals surface area contributed by atoms with Crippen molar-refractivity contribution in [3.8, 4) is 5.75 Å². The zero-order chi connectivity index (χ0) is 19.1. The Balaban J connectivity index is 2.04. The standard InChI is InChI=1S/C19H21F2N3OS/c1-4-16(14-8-10-15(11-9-14)25-18(20)21)23-24-19(26)22-17-7-5-6-12(2)13(17)3/h5-11,18H,4H2,1-3H3,(H2,22,24,26)/b23-16-. The summed E-state index contributed by atoms with van der Waals surface area (Å²) in [5.74, 6) is 0.110. The van der Waals surface area contributed by atoms with E-state index >= 15 is 0 Å². The number of nitrogens with one attached hydrogen (secondary N) is 2. The molecule has 0 aliphatic rings. The molecule has 7 heteroatoms. The lowest BCUT2D eigenvalue weighted by molar-refractivity contribution is -0.0498. The van der Waals surface area contributed by atoms with Gasteiger partial charge in [0.25, 0.3) is 0 Å². The van der Waals surface area contributed by atoms with E-state index in [0.29, 0.717) is 11.5 Å². The molecule has 0 saturated heterocycles. The average Bonchev–Trinajstić information content (AvgIpc) is 2.60. The molecule has 0 aliphatic heterocycles. The number of anilines is 1. The number of hydrogen-bond donors (Lipinski definition) is 2. The maximum atomic E-state index is 12.2. The van der Waals surface area contributed by atoms with E-state index in [1.807, 2.05) is 39.0 Å². The van der Waals surface area contributed by atoms with Crippen molar-refractivity contribution >= 4 is 28.7 Å². The SMILES string of the molecule is CC/C(=N/NC(=S)Nc1cccc(C)c1C)c1ccc(OC(F)F)cc1. The molecule has 0 heterocycles. The van der Waals surface area contributed by atoms with Crippen LogP contribution in [0, 0.1) is 13.8 Å². The number of nitrogens with zero attached hydrogens (tertiary/aromatic N) is 1. The molecule has 0 bridgehead atoms. The molecule has 2 aromatic carbocycles. The summed E-state index contributed by atoms with van der Waals surface area (Å²) in [6.07, 6.45) is 0.647. The van der Waals surface area contributed by atoms with Crippen molar-refractivity contribution in [2.75, 3.05) is 5.32 Å². The normalized spacial score (nSPS) is 11.4. The summed E-state index contributed by atoms with van der Waals surface area (Å²) in [6, 6.07) is 12.3. The van der Waals surface area contributed by atoms with Crippen LogP contribution in [0.25, 0.3) is 0 Å². The number of rotatable bonds is 6. The Morgan fingerprint density at radius 3 is 2.46 bits per heavy atom. The highest BCUT2D eigenvalue weighted by molar-refractivity contribution is 7.80. The fraction of sp³-hybridized carbons (Fsp3) is 0.263. The van der Waals surface area contributed by atoms with Gasteiger partial charge in [-0.3, -0.25) is 5.43 Å². The molecule has 0 atom stereocenters. The number of ether oxygens (including phenoxy) is 1. The summed E-state index contributed by atoms with van der Waals surface area (Å²) >= 11 is 5.29. The molecule has 0 amide bonds. The molecule has 2 aromatic rings. The van der Waals surface area contributed by atoms with Gasteiger partial charge in [0.2, 0.25) is 0 Å². The smallest absolute Gasteiger partial charge is 0.387 e. The van der Waals surface area contributed by atoms with E-state index in [1.165, 1.54) is 17.7 Å². The highest BCUT2D eigenvalue weighted by Gasteiger charge is 2.07. The van der Waals surface area contributed by atoms with Crippen LogP contribution in [0.4, 0.5) is 14.5 Å². The summed E-state index contributed by atoms with van der Waals surface area (Å²) in [6.45, 7) is 3.16. The van der Waals surface area contributed by atoms with E-state index in [2.05, 4.69) is 20.6 Å². The second-order valence-corrected chi connectivity index (χ2v) is 6.04. The topological polar surface area (TPSA) is 45.7 Å². The number of thiocarbonyl (C=S) groups is 1. The summed E-state index contributed by atoms with van der Waals surface area (Å²) < 4.78 is 28.8. The predicted molar refractivity (Wildman–Crippen MR) is 105 cm³/mol. The second-order valence-electron chi connectivity index (χ2n) is 5.63. The number of hydrazone groups is 1. The molecule has 0 radical (unpaired) electrons. The van der Waals surface area contributed by atoms with E-state index in [0.717, 1.165) is 22.5 Å². The first-order valence-corrected chi connectivity index (χ1v) is 8.56. The Hall–Kier alpha value is -2.54. The van der Waals surface area contributed by atoms with Gasteiger partial charge in [0.05, 0.1) is 5.71 Å². The van der Waals surface area contributed by atoms with Gasteiger partial charge in [0.1, 0.15) is 5.75 Å². The third-order valence-electron chi connectivity index (χ3n) is 3.89. The fourth-order valence-electron chi connectivity index (χ4n) is 2.33. The van der Waals surface area contributed by atoms with Crippen LogP contribution in [0.3, 0.4) is 0 Å². The number of alkyl halides is 2. The van der Waals surface area contributed by atoms with Gasteiger partial charge >= 0.3 is 6.61 Å². The van der Waals surface area contributed by atoms with E-state index in [9.17, 15) is 8.78 Å². The van der Waals surface area contributed by atoms with Gasteiger partial charge in [-0.15, -0.1) is 0 Å². The molecule has 4 nitrogen and oxygen atoms in total. The Bertz CT molecular complexity index is 792. The van der Waals surface area contributed by atoms with Crippen molar-refractivity contribution in [2.45, 2.75) is 33.8 Å². The summed E-state index contributed by atoms with van der Waals surface area (Å²) in [5.41, 5.74) is 7.59. The Labute approximate surface area is 157 Å². The highest BCUT2D eigenvalue weighted by Crippen LogP contribution is 2.18. The van der Waals surface area contributed by atoms with Crippen LogP contribution in [-0.2, 0) is 0 Å². The lowest BCUT2D eigenvalue weighted by atomic mass is 10.1. The van der Waals surface area contributed by atoms with Crippen molar-refractivity contribution in [3.63, 3.8) is 0 Å². The van der Waals surface area contributed by atoms with Crippen molar-refractivity contribution in [1.82, 2.24) is 5.43 Å². The minimum Gasteiger partial charge on any atom is -0.435 e. The Kier molecular flexibility index (Phi) is 7.03. The summed E-state index contributed by atoms with van der Waals surface area (Å²) in [4.78, 5) is 0. The van der Waals surface area contributed by atoms with Crippen LogP contribution >= 0.6 is 12.2 Å². The van der Waals surface area contributed by atoms with Crippen LogP contribution in [0.5, 0.6) is 5.75 Å². The van der Waals surface area contributed by atoms with Gasteiger partial charge in [0.15, 0.2) is 5.11 Å². The van der Waals surface area contributed by atoms with Gasteiger partial charge in [-0.2, -0.15) is 13.9 Å². The maximum Gasteiger partial charge on any atom is 0.387 e. The van der Waals surface area contributed by atoms with Crippen LogP contribution in [0.2, 0.25) is 0 Å². The zero-order valence-electron chi connectivity index (χ0n) is 14.8. The molecule has 0 saturated carbocycles. The van der Waals surface area contributed by atoms with E-state index in [4.69, 9.17) is 12.2 Å². The number of aryl methyl sites for hydroxylation is 1. The molecule has 2 rings (SSSR count). The second kappa shape index (κ2) is 9.24. The Morgan fingerprint density at radius 1 is 1.15 bits per heavy atom. The number of hydrogen-bond acceptors (Lipinski definition) is 3. The van der Waals surface area contributed by atoms with Crippen LogP contribution < -0.4 is 15.5 Å². The van der Waals surface area contributed by atoms with E-state index in [1.54, 1.807) is 12.1 Å². The molecule has 0 aliphatic carbocycles. The fourth-order valence-corrected chi connectivity index (χ4v) is 2.49. The zero-order valence-corrected chi connectivity index (χ0v) is 15.7. The maximum absolute atomic E-state index is 12.2. The monoisotopic (exact) mass is 377 g/mol. The highest BCUT2D eigenvalue weighted by atomic mass is 32.1. The van der Waals surface area contributed by atoms with Gasteiger partial charge in [-0.05, 0) is 79.5 Å². The van der Waals surface area contributed by atoms with Crippen molar-refractivity contribution in [3.05, 3.63) is 59.2 Å². The summed E-state index contributed by atoms with van der Waals surface area (Å²) in [7, 11) is 0. The van der Waals surface area contributed by atoms with E-state index < -0.39 is 6.61 Å². The first-order chi connectivity index (χ1) is 12.4. The number of benzene rings is 2. The van der Waals surface area contributed by atoms with Crippen LogP contribution in [-0.4, -0.2) is 17.4 Å². The van der Waals surface area contributed by atoms with E-state index in [-0.39, 0.29) is 5.75 Å². The molecular formula is C19H21F2N3OS. The molecule has 138 valence electrons. The quantitative estimate of drug-likeness (QED) is 0.422. The van der Waals surface area contributed by atoms with Crippen molar-refractivity contribution in [2.24, 2.45) is 5.10 Å². The van der Waals surface area contributed by atoms with Gasteiger partial charge in [0, 0.05) is 5.69 Å². The summed E-state index contributed by atoms with van der Waals surface area (Å²) in [5, 5.41) is 7.82. The van der Waals surface area contributed by atoms with Gasteiger partial charge < -0.3 is 10.1 Å². The third kappa shape index (κ3) is 5.49. The third-order valence-corrected chi connectivity index (χ3v) is 4.09. The van der Waals surface area contributed by atoms with Gasteiger partial charge in [-0.1, -0.05) is 19.1 Å². The first-order valence-electron chi connectivity index (χ1n) is 8.15. The molecule has 0 unspecified atom stereocenters. The van der Waals surface area contributed by atoms with Crippen LogP contribution in [0.15, 0.2) is 47.6 Å². The van der Waals surface area contributed by atoms with Crippen molar-refractivity contribution in [1.29, 1.82) is 0 Å².